The molecule has 220 valence electrons. The van der Waals surface area contributed by atoms with Crippen LogP contribution >= 0.6 is 7.14 Å². The van der Waals surface area contributed by atoms with Crippen molar-refractivity contribution in [3.05, 3.63) is 168 Å². The van der Waals surface area contributed by atoms with E-state index in [1.54, 1.807) is 0 Å². The predicted molar refractivity (Wildman–Crippen MR) is 190 cm³/mol. The summed E-state index contributed by atoms with van der Waals surface area (Å²) in [6.07, 6.45) is 0. The van der Waals surface area contributed by atoms with Crippen LogP contribution in [-0.2, 0) is 15.4 Å². The normalized spacial score (nSPS) is 18.7. The highest BCUT2D eigenvalue weighted by Gasteiger charge is 2.44. The zero-order valence-electron chi connectivity index (χ0n) is 26.2. The summed E-state index contributed by atoms with van der Waals surface area (Å²) in [4.78, 5) is 2.38. The Morgan fingerprint density at radius 1 is 0.467 bits per heavy atom. The molecule has 6 aromatic carbocycles. The lowest BCUT2D eigenvalue weighted by molar-refractivity contribution is 0.586. The van der Waals surface area contributed by atoms with Crippen LogP contribution in [0.25, 0.3) is 11.1 Å². The van der Waals surface area contributed by atoms with Gasteiger partial charge in [-0.15, -0.1) is 0 Å². The molecule has 2 aliphatic rings. The Morgan fingerprint density at radius 3 is 1.60 bits per heavy atom. The lowest BCUT2D eigenvalue weighted by Crippen LogP contribution is -2.42. The molecule has 2 nitrogen and oxygen atoms in total. The van der Waals surface area contributed by atoms with Crippen molar-refractivity contribution in [2.24, 2.45) is 0 Å². The summed E-state index contributed by atoms with van der Waals surface area (Å²) in [5.74, 6) is 0. The number of para-hydroxylation sites is 2. The van der Waals surface area contributed by atoms with E-state index in [1.165, 1.54) is 22.5 Å². The van der Waals surface area contributed by atoms with Crippen molar-refractivity contribution in [3.8, 4) is 11.1 Å². The molecule has 1 unspecified atom stereocenters. The van der Waals surface area contributed by atoms with Crippen molar-refractivity contribution < 1.29 is 4.57 Å². The fourth-order valence-corrected chi connectivity index (χ4v) is 11.1. The largest absolute Gasteiger partial charge is 0.310 e. The zero-order chi connectivity index (χ0) is 31.0. The molecule has 2 aliphatic heterocycles. The third-order valence-corrected chi connectivity index (χ3v) is 13.3. The van der Waals surface area contributed by atoms with Crippen molar-refractivity contribution in [1.29, 1.82) is 0 Å². The zero-order valence-corrected chi connectivity index (χ0v) is 27.1. The summed E-state index contributed by atoms with van der Waals surface area (Å²) in [6, 6.07) is 51.3. The highest BCUT2D eigenvalue weighted by molar-refractivity contribution is 7.85. The van der Waals surface area contributed by atoms with Gasteiger partial charge in [-0.3, -0.25) is 0 Å². The second kappa shape index (κ2) is 9.93. The van der Waals surface area contributed by atoms with Gasteiger partial charge in [0.1, 0.15) is 0 Å². The molecule has 0 aliphatic carbocycles. The molecule has 0 radical (unpaired) electrons. The molecule has 0 saturated heterocycles. The molecule has 8 rings (SSSR count). The summed E-state index contributed by atoms with van der Waals surface area (Å²) in [7, 11) is -3.10. The Bertz CT molecular complexity index is 2090. The minimum Gasteiger partial charge on any atom is -0.310 e. The van der Waals surface area contributed by atoms with Gasteiger partial charge in [-0.2, -0.15) is 0 Å². The Balaban J connectivity index is 1.26. The Morgan fingerprint density at radius 2 is 0.956 bits per heavy atom. The molecule has 45 heavy (non-hydrogen) atoms. The first kappa shape index (κ1) is 27.9. The number of fused-ring (bicyclic) bond motifs is 4. The molecule has 6 aromatic rings. The first-order chi connectivity index (χ1) is 21.7. The van der Waals surface area contributed by atoms with Gasteiger partial charge < -0.3 is 9.46 Å². The Hall–Kier alpha value is -4.65. The molecule has 0 saturated carbocycles. The van der Waals surface area contributed by atoms with Gasteiger partial charge in [0.2, 0.25) is 0 Å². The van der Waals surface area contributed by atoms with Crippen LogP contribution < -0.4 is 20.8 Å². The molecule has 2 heterocycles. The maximum absolute atomic E-state index is 15.5. The molecule has 0 bridgehead atoms. The molecule has 0 N–H and O–H groups in total. The standard InChI is InChI=1S/C42H36NOP/c1-41(2)33-16-8-11-19-37(33)43(38-20-12-9-17-34(38)41)31-25-22-29(23-26-31)30-24-27-36-40(28-30)45(44,32-14-6-5-7-15-32)39-21-13-10-18-35(39)42(36,3)4/h5-28H,1-4H3. The fraction of sp³-hybridized carbons (Fsp3) is 0.143. The van der Waals surface area contributed by atoms with Gasteiger partial charge in [0.05, 0.1) is 11.4 Å². The van der Waals surface area contributed by atoms with E-state index in [2.05, 4.69) is 142 Å². The van der Waals surface area contributed by atoms with Gasteiger partial charge in [0.15, 0.2) is 7.14 Å². The number of hydrogen-bond donors (Lipinski definition) is 0. The van der Waals surface area contributed by atoms with Crippen LogP contribution in [0.15, 0.2) is 146 Å². The molecule has 0 fully saturated rings. The van der Waals surface area contributed by atoms with E-state index in [9.17, 15) is 0 Å². The van der Waals surface area contributed by atoms with Crippen molar-refractivity contribution in [1.82, 2.24) is 0 Å². The number of rotatable bonds is 3. The Labute approximate surface area is 266 Å². The quantitative estimate of drug-likeness (QED) is 0.188. The summed E-state index contributed by atoms with van der Waals surface area (Å²) in [5, 5.41) is 2.78. The van der Waals surface area contributed by atoms with E-state index < -0.39 is 7.14 Å². The number of hydrogen-bond acceptors (Lipinski definition) is 2. The first-order valence-corrected chi connectivity index (χ1v) is 17.4. The SMILES string of the molecule is CC1(C)c2ccccc2N(c2ccc(-c3ccc4c(c3)P(=O)(c3ccccc3)c3ccccc3C4(C)C)cc2)c2ccccc21. The van der Waals surface area contributed by atoms with E-state index in [4.69, 9.17) is 0 Å². The van der Waals surface area contributed by atoms with E-state index in [0.29, 0.717) is 0 Å². The lowest BCUT2D eigenvalue weighted by Gasteiger charge is -2.42. The molecule has 1 atom stereocenters. The molecule has 0 amide bonds. The van der Waals surface area contributed by atoms with E-state index in [-0.39, 0.29) is 10.8 Å². The van der Waals surface area contributed by atoms with Crippen LogP contribution in [0.4, 0.5) is 17.1 Å². The summed E-state index contributed by atoms with van der Waals surface area (Å²) in [6.45, 7) is 9.14. The number of anilines is 3. The van der Waals surface area contributed by atoms with Crippen molar-refractivity contribution >= 4 is 40.1 Å². The van der Waals surface area contributed by atoms with Crippen molar-refractivity contribution in [2.45, 2.75) is 38.5 Å². The van der Waals surface area contributed by atoms with Crippen LogP contribution in [0, 0.1) is 0 Å². The fourth-order valence-electron chi connectivity index (χ4n) is 7.72. The van der Waals surface area contributed by atoms with Crippen LogP contribution in [0.2, 0.25) is 0 Å². The van der Waals surface area contributed by atoms with Crippen molar-refractivity contribution in [2.75, 3.05) is 4.90 Å². The second-order valence-corrected chi connectivity index (χ2v) is 16.1. The topological polar surface area (TPSA) is 20.3 Å². The van der Waals surface area contributed by atoms with Gasteiger partial charge in [-0.25, -0.2) is 0 Å². The lowest BCUT2D eigenvalue weighted by atomic mass is 9.73. The maximum atomic E-state index is 15.5. The van der Waals surface area contributed by atoms with Crippen LogP contribution in [0.1, 0.15) is 49.9 Å². The van der Waals surface area contributed by atoms with Crippen LogP contribution in [-0.4, -0.2) is 0 Å². The monoisotopic (exact) mass is 601 g/mol. The highest BCUT2D eigenvalue weighted by Crippen LogP contribution is 2.54. The van der Waals surface area contributed by atoms with E-state index in [1.807, 2.05) is 36.4 Å². The third kappa shape index (κ3) is 3.99. The van der Waals surface area contributed by atoms with Gasteiger partial charge in [0.25, 0.3) is 0 Å². The molecule has 0 aromatic heterocycles. The average molecular weight is 602 g/mol. The third-order valence-electron chi connectivity index (χ3n) is 10.1. The highest BCUT2D eigenvalue weighted by atomic mass is 31.2. The van der Waals surface area contributed by atoms with Crippen LogP contribution in [0.3, 0.4) is 0 Å². The smallest absolute Gasteiger partial charge is 0.171 e. The molecular formula is C42H36NOP. The van der Waals surface area contributed by atoms with Gasteiger partial charge in [-0.1, -0.05) is 143 Å². The Kier molecular flexibility index (Phi) is 6.15. The minimum absolute atomic E-state index is 0.0914. The van der Waals surface area contributed by atoms with Gasteiger partial charge in [0, 0.05) is 32.4 Å². The summed E-state index contributed by atoms with van der Waals surface area (Å²) >= 11 is 0. The molecule has 0 spiro atoms. The van der Waals surface area contributed by atoms with Gasteiger partial charge in [-0.05, 0) is 63.7 Å². The summed E-state index contributed by atoms with van der Waals surface area (Å²) < 4.78 is 15.5. The van der Waals surface area contributed by atoms with Crippen molar-refractivity contribution in [3.63, 3.8) is 0 Å². The first-order valence-electron chi connectivity index (χ1n) is 15.7. The van der Waals surface area contributed by atoms with Crippen LogP contribution in [0.5, 0.6) is 0 Å². The second-order valence-electron chi connectivity index (χ2n) is 13.4. The predicted octanol–water partition coefficient (Wildman–Crippen LogP) is 9.74. The summed E-state index contributed by atoms with van der Waals surface area (Å²) in [5.41, 5.74) is 10.3. The van der Waals surface area contributed by atoms with E-state index >= 15 is 4.57 Å². The average Bonchev–Trinajstić information content (AvgIpc) is 3.08. The number of benzene rings is 6. The maximum Gasteiger partial charge on any atom is 0.171 e. The molecule has 3 heteroatoms. The van der Waals surface area contributed by atoms with Gasteiger partial charge >= 0.3 is 0 Å². The van der Waals surface area contributed by atoms with E-state index in [0.717, 1.165) is 43.9 Å². The minimum atomic E-state index is -3.10. The molecular weight excluding hydrogens is 565 g/mol. The number of nitrogens with zero attached hydrogens (tertiary/aromatic N) is 1.